The number of aryl methyl sites for hydroxylation is 2. The largest absolute Gasteiger partial charge is 0.270 e. The van der Waals surface area contributed by atoms with Gasteiger partial charge in [0.2, 0.25) is 0 Å². The summed E-state index contributed by atoms with van der Waals surface area (Å²) >= 11 is 9.42. The zero-order valence-electron chi connectivity index (χ0n) is 11.8. The quantitative estimate of drug-likeness (QED) is 0.645. The molecule has 114 valence electrons. The molecular weight excluding hydrogens is 388 g/mol. The lowest BCUT2D eigenvalue weighted by molar-refractivity contribution is 0.587. The molecule has 0 bridgehead atoms. The van der Waals surface area contributed by atoms with Crippen LogP contribution in [0.1, 0.15) is 11.4 Å². The topological polar surface area (TPSA) is 52.0 Å². The van der Waals surface area contributed by atoms with E-state index in [1.165, 1.54) is 10.0 Å². The van der Waals surface area contributed by atoms with Crippen LogP contribution < -0.4 is 0 Å². The zero-order valence-corrected chi connectivity index (χ0v) is 15.0. The number of halogens is 2. The number of hydrogen-bond acceptors (Lipinski definition) is 3. The summed E-state index contributed by atoms with van der Waals surface area (Å²) in [5.41, 5.74) is 1.99. The third kappa shape index (κ3) is 2.35. The van der Waals surface area contributed by atoms with Gasteiger partial charge in [-0.1, -0.05) is 23.7 Å². The molecule has 2 aromatic carbocycles. The molecule has 1 aromatic heterocycles. The van der Waals surface area contributed by atoms with E-state index < -0.39 is 10.0 Å². The van der Waals surface area contributed by atoms with Gasteiger partial charge >= 0.3 is 0 Å². The molecule has 0 saturated heterocycles. The van der Waals surface area contributed by atoms with Crippen molar-refractivity contribution in [1.29, 1.82) is 0 Å². The highest BCUT2D eigenvalue weighted by atomic mass is 79.9. The van der Waals surface area contributed by atoms with E-state index in [4.69, 9.17) is 11.6 Å². The maximum Gasteiger partial charge on any atom is 0.270 e. The van der Waals surface area contributed by atoms with Gasteiger partial charge in [0.15, 0.2) is 0 Å². The summed E-state index contributed by atoms with van der Waals surface area (Å²) in [6.45, 7) is 3.49. The van der Waals surface area contributed by atoms with E-state index in [2.05, 4.69) is 20.9 Å². The number of imidazole rings is 1. The second kappa shape index (κ2) is 5.37. The maximum atomic E-state index is 13.0. The fourth-order valence-electron chi connectivity index (χ4n) is 2.35. The minimum absolute atomic E-state index is 0.120. The Morgan fingerprint density at radius 3 is 2.59 bits per heavy atom. The number of hydrogen-bond donors (Lipinski definition) is 0. The Morgan fingerprint density at radius 1 is 1.18 bits per heavy atom. The third-order valence-electron chi connectivity index (χ3n) is 3.41. The molecule has 0 aliphatic heterocycles. The first-order valence-electron chi connectivity index (χ1n) is 6.47. The number of para-hydroxylation sites is 2. The summed E-state index contributed by atoms with van der Waals surface area (Å²) in [6, 6.07) is 10.3. The van der Waals surface area contributed by atoms with Crippen LogP contribution in [-0.2, 0) is 10.0 Å². The first-order chi connectivity index (χ1) is 10.3. The Labute approximate surface area is 141 Å². The van der Waals surface area contributed by atoms with Gasteiger partial charge in [-0.05, 0) is 59.6 Å². The van der Waals surface area contributed by atoms with Gasteiger partial charge in [0.25, 0.3) is 10.0 Å². The molecule has 0 saturated carbocycles. The van der Waals surface area contributed by atoms with Crippen LogP contribution in [0.15, 0.2) is 45.8 Å². The molecule has 0 unspecified atom stereocenters. The summed E-state index contributed by atoms with van der Waals surface area (Å²) in [4.78, 5) is 4.43. The lowest BCUT2D eigenvalue weighted by Gasteiger charge is -2.12. The van der Waals surface area contributed by atoms with E-state index in [9.17, 15) is 8.42 Å². The van der Waals surface area contributed by atoms with Gasteiger partial charge in [-0.15, -0.1) is 0 Å². The van der Waals surface area contributed by atoms with Crippen LogP contribution in [-0.4, -0.2) is 17.4 Å². The molecule has 0 spiro atoms. The minimum atomic E-state index is -3.80. The molecule has 0 radical (unpaired) electrons. The Kier molecular flexibility index (Phi) is 3.79. The van der Waals surface area contributed by atoms with Crippen LogP contribution in [0.2, 0.25) is 5.02 Å². The Hall–Kier alpha value is -1.37. The van der Waals surface area contributed by atoms with Crippen LogP contribution in [0.5, 0.6) is 0 Å². The fourth-order valence-corrected chi connectivity index (χ4v) is 5.22. The van der Waals surface area contributed by atoms with Crippen molar-refractivity contribution in [2.75, 3.05) is 0 Å². The second-order valence-electron chi connectivity index (χ2n) is 4.95. The molecule has 0 amide bonds. The predicted molar refractivity (Wildman–Crippen MR) is 90.9 cm³/mol. The normalized spacial score (nSPS) is 12.0. The number of fused-ring (bicyclic) bond motifs is 1. The van der Waals surface area contributed by atoms with Crippen molar-refractivity contribution in [2.24, 2.45) is 0 Å². The highest BCUT2D eigenvalue weighted by Crippen LogP contribution is 2.32. The maximum absolute atomic E-state index is 13.0. The van der Waals surface area contributed by atoms with Crippen LogP contribution in [0.25, 0.3) is 11.0 Å². The van der Waals surface area contributed by atoms with E-state index in [1.54, 1.807) is 31.2 Å². The summed E-state index contributed by atoms with van der Waals surface area (Å²) in [6.07, 6.45) is 0. The second-order valence-corrected chi connectivity index (χ2v) is 7.97. The van der Waals surface area contributed by atoms with E-state index >= 15 is 0 Å². The van der Waals surface area contributed by atoms with Gasteiger partial charge in [0.05, 0.1) is 11.0 Å². The van der Waals surface area contributed by atoms with E-state index in [0.717, 1.165) is 5.56 Å². The Bertz CT molecular complexity index is 996. The van der Waals surface area contributed by atoms with Gasteiger partial charge in [-0.25, -0.2) is 17.4 Å². The van der Waals surface area contributed by atoms with Crippen LogP contribution in [0.3, 0.4) is 0 Å². The third-order valence-corrected chi connectivity index (χ3v) is 6.57. The van der Waals surface area contributed by atoms with Crippen molar-refractivity contribution in [3.05, 3.63) is 57.3 Å². The van der Waals surface area contributed by atoms with Crippen molar-refractivity contribution in [2.45, 2.75) is 18.7 Å². The van der Waals surface area contributed by atoms with Gasteiger partial charge in [-0.3, -0.25) is 0 Å². The molecule has 1 heterocycles. The molecule has 3 aromatic rings. The first kappa shape index (κ1) is 15.5. The molecule has 0 aliphatic rings. The Morgan fingerprint density at radius 2 is 1.86 bits per heavy atom. The molecular formula is C15H12BrClN2O2S. The lowest BCUT2D eigenvalue weighted by Crippen LogP contribution is -2.15. The molecule has 0 atom stereocenters. The Balaban J connectivity index is 2.34. The van der Waals surface area contributed by atoms with Crippen molar-refractivity contribution in [3.8, 4) is 0 Å². The van der Waals surface area contributed by atoms with E-state index in [0.29, 0.717) is 26.4 Å². The van der Waals surface area contributed by atoms with Crippen LogP contribution in [0, 0.1) is 13.8 Å². The van der Waals surface area contributed by atoms with E-state index in [1.807, 2.05) is 13.0 Å². The van der Waals surface area contributed by atoms with Gasteiger partial charge in [-0.2, -0.15) is 0 Å². The average Bonchev–Trinajstić information content (AvgIpc) is 2.79. The van der Waals surface area contributed by atoms with Crippen molar-refractivity contribution in [1.82, 2.24) is 8.96 Å². The molecule has 3 rings (SSSR count). The number of nitrogens with zero attached hydrogens (tertiary/aromatic N) is 2. The van der Waals surface area contributed by atoms with Gasteiger partial charge in [0, 0.05) is 9.50 Å². The molecule has 0 aliphatic carbocycles. The minimum Gasteiger partial charge on any atom is -0.232 e. The molecule has 0 N–H and O–H groups in total. The summed E-state index contributed by atoms with van der Waals surface area (Å²) in [7, 11) is -3.80. The van der Waals surface area contributed by atoms with Crippen LogP contribution in [0.4, 0.5) is 0 Å². The summed E-state index contributed by atoms with van der Waals surface area (Å²) < 4.78 is 27.8. The first-order valence-corrected chi connectivity index (χ1v) is 9.09. The SMILES string of the molecule is Cc1cc(Br)c(S(=O)(=O)n2c(C)nc3ccccc32)cc1Cl. The van der Waals surface area contributed by atoms with Crippen LogP contribution >= 0.6 is 27.5 Å². The molecule has 4 nitrogen and oxygen atoms in total. The number of aromatic nitrogens is 2. The molecule has 0 fully saturated rings. The smallest absolute Gasteiger partial charge is 0.232 e. The summed E-state index contributed by atoms with van der Waals surface area (Å²) in [5.74, 6) is 0.407. The van der Waals surface area contributed by atoms with Crippen molar-refractivity contribution in [3.63, 3.8) is 0 Å². The number of rotatable bonds is 2. The fraction of sp³-hybridized carbons (Fsp3) is 0.133. The highest BCUT2D eigenvalue weighted by molar-refractivity contribution is 9.10. The summed E-state index contributed by atoms with van der Waals surface area (Å²) in [5, 5.41) is 0.406. The predicted octanol–water partition coefficient (Wildman–Crippen LogP) is 4.31. The van der Waals surface area contributed by atoms with Crippen molar-refractivity contribution >= 4 is 48.6 Å². The monoisotopic (exact) mass is 398 g/mol. The van der Waals surface area contributed by atoms with E-state index in [-0.39, 0.29) is 4.90 Å². The van der Waals surface area contributed by atoms with Gasteiger partial charge in [0.1, 0.15) is 10.7 Å². The standard InChI is InChI=1S/C15H12BrClN2O2S/c1-9-7-11(16)15(8-12(9)17)22(20,21)19-10(2)18-13-5-3-4-6-14(13)19/h3-8H,1-2H3. The zero-order chi connectivity index (χ0) is 16.1. The number of benzene rings is 2. The highest BCUT2D eigenvalue weighted by Gasteiger charge is 2.25. The average molecular weight is 400 g/mol. The lowest BCUT2D eigenvalue weighted by atomic mass is 10.2. The van der Waals surface area contributed by atoms with Crippen molar-refractivity contribution < 1.29 is 8.42 Å². The molecule has 22 heavy (non-hydrogen) atoms. The van der Waals surface area contributed by atoms with Gasteiger partial charge < -0.3 is 0 Å². The molecule has 7 heteroatoms.